The maximum Gasteiger partial charge on any atom is 0.573 e. The van der Waals surface area contributed by atoms with Crippen molar-refractivity contribution in [1.82, 2.24) is 4.98 Å². The van der Waals surface area contributed by atoms with Gasteiger partial charge in [0.05, 0.1) is 24.5 Å². The van der Waals surface area contributed by atoms with E-state index in [9.17, 15) is 26.3 Å². The van der Waals surface area contributed by atoms with Crippen molar-refractivity contribution in [1.29, 1.82) is 0 Å². The van der Waals surface area contributed by atoms with E-state index in [1.54, 1.807) is 27.7 Å². The number of hydrogen-bond acceptors (Lipinski definition) is 6. The zero-order chi connectivity index (χ0) is 25.7. The molecule has 1 aliphatic heterocycles. The normalized spacial score (nSPS) is 17.6. The summed E-state index contributed by atoms with van der Waals surface area (Å²) in [5.41, 5.74) is -3.21. The van der Waals surface area contributed by atoms with Gasteiger partial charge in [-0.3, -0.25) is 0 Å². The van der Waals surface area contributed by atoms with E-state index in [1.165, 1.54) is 14.0 Å². The minimum absolute atomic E-state index is 0.0568. The molecule has 2 aromatic rings. The fourth-order valence-corrected chi connectivity index (χ4v) is 3.27. The Labute approximate surface area is 192 Å². The number of ether oxygens (including phenoxy) is 3. The highest BCUT2D eigenvalue weighted by atomic mass is 19.4. The first-order chi connectivity index (χ1) is 15.4. The first-order valence-corrected chi connectivity index (χ1v) is 9.99. The summed E-state index contributed by atoms with van der Waals surface area (Å²) in [4.78, 5) is 3.50. The number of nitrogens with zero attached hydrogens (tertiary/aromatic N) is 1. The predicted octanol–water partition coefficient (Wildman–Crippen LogP) is 5.41. The van der Waals surface area contributed by atoms with Crippen molar-refractivity contribution >= 4 is 12.6 Å². The summed E-state index contributed by atoms with van der Waals surface area (Å²) >= 11 is 0. The SMILES string of the molecule is COc1cc(OC(F)(F)F)ccc1Oc1cnc(C(F)(F)F)c(C)c1B1OC(C)(C)C(C)(C)O1. The molecule has 0 unspecified atom stereocenters. The van der Waals surface area contributed by atoms with Crippen LogP contribution in [-0.2, 0) is 15.5 Å². The monoisotopic (exact) mass is 493 g/mol. The molecule has 0 N–H and O–H groups in total. The Balaban J connectivity index is 2.08. The second-order valence-electron chi connectivity index (χ2n) is 8.56. The minimum atomic E-state index is -4.92. The molecule has 34 heavy (non-hydrogen) atoms. The molecule has 0 atom stereocenters. The average molecular weight is 493 g/mol. The number of benzene rings is 1. The van der Waals surface area contributed by atoms with Crippen LogP contribution in [0.15, 0.2) is 24.4 Å². The summed E-state index contributed by atoms with van der Waals surface area (Å²) in [6.45, 7) is 8.14. The van der Waals surface area contributed by atoms with Gasteiger partial charge in [-0.05, 0) is 52.3 Å². The molecule has 0 aliphatic carbocycles. The predicted molar refractivity (Wildman–Crippen MR) is 109 cm³/mol. The van der Waals surface area contributed by atoms with Crippen LogP contribution in [0.25, 0.3) is 0 Å². The van der Waals surface area contributed by atoms with Gasteiger partial charge >= 0.3 is 19.7 Å². The van der Waals surface area contributed by atoms with Crippen LogP contribution < -0.4 is 19.7 Å². The van der Waals surface area contributed by atoms with Crippen LogP contribution in [0.5, 0.6) is 23.0 Å². The Hall–Kier alpha value is -2.67. The average Bonchev–Trinajstić information content (AvgIpc) is 2.87. The van der Waals surface area contributed by atoms with Crippen LogP contribution in [-0.4, -0.2) is 36.8 Å². The van der Waals surface area contributed by atoms with Gasteiger partial charge in [0.2, 0.25) is 0 Å². The molecular formula is C21H22BF6NO5. The Morgan fingerprint density at radius 1 is 0.912 bits per heavy atom. The first kappa shape index (κ1) is 25.9. The number of hydrogen-bond donors (Lipinski definition) is 0. The molecule has 0 saturated carbocycles. The molecule has 1 saturated heterocycles. The van der Waals surface area contributed by atoms with Gasteiger partial charge in [0.15, 0.2) is 11.5 Å². The van der Waals surface area contributed by atoms with Crippen molar-refractivity contribution in [2.45, 2.75) is 58.4 Å². The van der Waals surface area contributed by atoms with Crippen molar-refractivity contribution in [2.24, 2.45) is 0 Å². The van der Waals surface area contributed by atoms with Gasteiger partial charge in [-0.2, -0.15) is 13.2 Å². The van der Waals surface area contributed by atoms with E-state index in [4.69, 9.17) is 18.8 Å². The van der Waals surface area contributed by atoms with E-state index in [2.05, 4.69) is 9.72 Å². The Bertz CT molecular complexity index is 1050. The van der Waals surface area contributed by atoms with Gasteiger partial charge in [0, 0.05) is 11.5 Å². The summed E-state index contributed by atoms with van der Waals surface area (Å²) in [5.74, 6) is -0.952. The molecule has 0 spiro atoms. The van der Waals surface area contributed by atoms with E-state index >= 15 is 0 Å². The maximum atomic E-state index is 13.6. The summed E-state index contributed by atoms with van der Waals surface area (Å²) in [5, 5.41) is 0. The highest BCUT2D eigenvalue weighted by molar-refractivity contribution is 6.63. The van der Waals surface area contributed by atoms with Gasteiger partial charge in [-0.25, -0.2) is 4.98 Å². The molecule has 186 valence electrons. The van der Waals surface area contributed by atoms with E-state index < -0.39 is 42.3 Å². The molecule has 13 heteroatoms. The summed E-state index contributed by atoms with van der Waals surface area (Å²) < 4.78 is 105. The van der Waals surface area contributed by atoms with Gasteiger partial charge in [0.25, 0.3) is 0 Å². The number of rotatable bonds is 5. The molecule has 3 rings (SSSR count). The topological polar surface area (TPSA) is 59.0 Å². The van der Waals surface area contributed by atoms with E-state index in [-0.39, 0.29) is 28.3 Å². The molecule has 1 fully saturated rings. The molecule has 0 amide bonds. The third-order valence-electron chi connectivity index (χ3n) is 5.68. The summed E-state index contributed by atoms with van der Waals surface area (Å²) in [6, 6.07) is 3.03. The zero-order valence-electron chi connectivity index (χ0n) is 19.1. The van der Waals surface area contributed by atoms with Crippen molar-refractivity contribution in [2.75, 3.05) is 7.11 Å². The van der Waals surface area contributed by atoms with Gasteiger partial charge in [0.1, 0.15) is 17.2 Å². The van der Waals surface area contributed by atoms with Gasteiger partial charge in [-0.15, -0.1) is 13.2 Å². The van der Waals surface area contributed by atoms with Gasteiger partial charge in [-0.1, -0.05) is 0 Å². The van der Waals surface area contributed by atoms with E-state index in [0.717, 1.165) is 24.4 Å². The lowest BCUT2D eigenvalue weighted by molar-refractivity contribution is -0.274. The van der Waals surface area contributed by atoms with Gasteiger partial charge < -0.3 is 23.5 Å². The molecule has 1 aromatic carbocycles. The number of pyridine rings is 1. The lowest BCUT2D eigenvalue weighted by Gasteiger charge is -2.32. The fraction of sp³-hybridized carbons (Fsp3) is 0.476. The molecule has 6 nitrogen and oxygen atoms in total. The number of aromatic nitrogens is 1. The molecule has 2 heterocycles. The zero-order valence-corrected chi connectivity index (χ0v) is 19.1. The Kier molecular flexibility index (Phi) is 6.51. The molecule has 1 aromatic heterocycles. The summed E-state index contributed by atoms with van der Waals surface area (Å²) in [7, 11) is -0.0479. The smallest absolute Gasteiger partial charge is 0.493 e. The third kappa shape index (κ3) is 5.19. The lowest BCUT2D eigenvalue weighted by Crippen LogP contribution is -2.41. The molecule has 0 bridgehead atoms. The standard InChI is InChI=1S/C21H22BF6NO5/c1-11-16(22-33-18(2,3)19(4,5)34-22)15(10-29-17(11)20(23,24)25)31-13-8-7-12(9-14(13)30-6)32-21(26,27)28/h7-10H,1-6H3. The highest BCUT2D eigenvalue weighted by Crippen LogP contribution is 2.41. The van der Waals surface area contributed by atoms with Crippen molar-refractivity contribution in [3.8, 4) is 23.0 Å². The van der Waals surface area contributed by atoms with Crippen molar-refractivity contribution < 1.29 is 49.9 Å². The van der Waals surface area contributed by atoms with Crippen LogP contribution in [0.2, 0.25) is 0 Å². The number of alkyl halides is 6. The van der Waals surface area contributed by atoms with Crippen LogP contribution in [0.4, 0.5) is 26.3 Å². The second kappa shape index (κ2) is 8.53. The highest BCUT2D eigenvalue weighted by Gasteiger charge is 2.54. The number of methoxy groups -OCH3 is 1. The van der Waals surface area contributed by atoms with E-state index in [0.29, 0.717) is 0 Å². The van der Waals surface area contributed by atoms with Crippen LogP contribution in [0.1, 0.15) is 39.0 Å². The van der Waals surface area contributed by atoms with Crippen molar-refractivity contribution in [3.05, 3.63) is 35.7 Å². The lowest BCUT2D eigenvalue weighted by atomic mass is 9.75. The van der Waals surface area contributed by atoms with Crippen LogP contribution >= 0.6 is 0 Å². The van der Waals surface area contributed by atoms with Crippen LogP contribution in [0, 0.1) is 6.92 Å². The second-order valence-corrected chi connectivity index (χ2v) is 8.56. The largest absolute Gasteiger partial charge is 0.573 e. The molecular weight excluding hydrogens is 471 g/mol. The third-order valence-corrected chi connectivity index (χ3v) is 5.68. The fourth-order valence-electron chi connectivity index (χ4n) is 3.27. The summed E-state index contributed by atoms with van der Waals surface area (Å²) in [6.07, 6.45) is -8.82. The maximum absolute atomic E-state index is 13.6. The minimum Gasteiger partial charge on any atom is -0.493 e. The van der Waals surface area contributed by atoms with Crippen LogP contribution in [0.3, 0.4) is 0 Å². The Morgan fingerprint density at radius 2 is 1.50 bits per heavy atom. The molecule has 1 aliphatic rings. The van der Waals surface area contributed by atoms with E-state index in [1.807, 2.05) is 0 Å². The first-order valence-electron chi connectivity index (χ1n) is 9.99. The Morgan fingerprint density at radius 3 is 2.00 bits per heavy atom. The molecule has 0 radical (unpaired) electrons. The quantitative estimate of drug-likeness (QED) is 0.411. The number of halogens is 6. The van der Waals surface area contributed by atoms with Crippen molar-refractivity contribution in [3.63, 3.8) is 0 Å².